The average Bonchev–Trinajstić information content (AvgIpc) is 2.54. The number of hydrogen-bond acceptors (Lipinski definition) is 5. The monoisotopic (exact) mass is 328 g/mol. The van der Waals surface area contributed by atoms with Crippen molar-refractivity contribution in [3.63, 3.8) is 0 Å². The Kier molecular flexibility index (Phi) is 3.76. The van der Waals surface area contributed by atoms with E-state index in [9.17, 15) is 9.59 Å². The lowest BCUT2D eigenvalue weighted by Crippen LogP contribution is -2.60. The molecule has 0 aliphatic carbocycles. The predicted octanol–water partition coefficient (Wildman–Crippen LogP) is 2.46. The van der Waals surface area contributed by atoms with Gasteiger partial charge in [0.2, 0.25) is 0 Å². The van der Waals surface area contributed by atoms with E-state index in [1.54, 1.807) is 24.3 Å². The molecule has 3 heterocycles. The van der Waals surface area contributed by atoms with Crippen molar-refractivity contribution in [1.82, 2.24) is 9.80 Å². The van der Waals surface area contributed by atoms with Gasteiger partial charge in [0.15, 0.2) is 0 Å². The molecule has 2 saturated heterocycles. The zero-order chi connectivity index (χ0) is 16.7. The number of rotatable bonds is 1. The van der Waals surface area contributed by atoms with Gasteiger partial charge < -0.3 is 14.1 Å². The first-order valence-electron chi connectivity index (χ1n) is 8.33. The maximum absolute atomic E-state index is 12.5. The highest BCUT2D eigenvalue weighted by atomic mass is 16.6. The van der Waals surface area contributed by atoms with Crippen LogP contribution in [0.15, 0.2) is 39.5 Å². The van der Waals surface area contributed by atoms with Crippen molar-refractivity contribution in [2.45, 2.75) is 31.3 Å². The summed E-state index contributed by atoms with van der Waals surface area (Å²) in [5, 5.41) is 0.732. The van der Waals surface area contributed by atoms with Crippen molar-refractivity contribution in [3.05, 3.63) is 40.8 Å². The van der Waals surface area contributed by atoms with Crippen LogP contribution in [0, 0.1) is 0 Å². The minimum Gasteiger partial charge on any atom is -0.423 e. The third kappa shape index (κ3) is 2.78. The summed E-state index contributed by atoms with van der Waals surface area (Å²) < 4.78 is 10.6. The smallest absolute Gasteiger partial charge is 0.415 e. The van der Waals surface area contributed by atoms with Crippen LogP contribution in [0.1, 0.15) is 19.3 Å². The Bertz CT molecular complexity index is 817. The highest BCUT2D eigenvalue weighted by Gasteiger charge is 2.37. The number of carbonyl (C=O) groups is 1. The first-order valence-corrected chi connectivity index (χ1v) is 8.33. The van der Waals surface area contributed by atoms with Crippen LogP contribution in [-0.2, 0) is 0 Å². The molecule has 126 valence electrons. The molecule has 0 N–H and O–H groups in total. The Morgan fingerprint density at radius 3 is 2.67 bits per heavy atom. The van der Waals surface area contributed by atoms with Crippen molar-refractivity contribution in [3.8, 4) is 5.75 Å². The molecule has 6 nitrogen and oxygen atoms in total. The molecular formula is C18H20N2O4. The molecule has 1 amide bonds. The molecular weight excluding hydrogens is 308 g/mol. The zero-order valence-electron chi connectivity index (χ0n) is 13.6. The van der Waals surface area contributed by atoms with Crippen LogP contribution in [0.2, 0.25) is 0 Å². The van der Waals surface area contributed by atoms with E-state index in [4.69, 9.17) is 9.15 Å². The number of piperazine rings is 1. The minimum atomic E-state index is -0.392. The Morgan fingerprint density at radius 2 is 1.92 bits per heavy atom. The normalized spacial score (nSPS) is 24.1. The lowest BCUT2D eigenvalue weighted by Gasteiger charge is -2.47. The second kappa shape index (κ2) is 5.94. The average molecular weight is 328 g/mol. The number of carbonyl (C=O) groups excluding carboxylic acids is 1. The van der Waals surface area contributed by atoms with Crippen LogP contribution in [0.4, 0.5) is 4.79 Å². The second-order valence-corrected chi connectivity index (χ2v) is 6.63. The summed E-state index contributed by atoms with van der Waals surface area (Å²) in [6, 6.07) is 8.89. The van der Waals surface area contributed by atoms with Gasteiger partial charge in [0.25, 0.3) is 0 Å². The number of fused-ring (bicyclic) bond motifs is 3. The Morgan fingerprint density at radius 1 is 1.17 bits per heavy atom. The SMILES string of the molecule is CN1C2CCCC1CN(C(=O)Oc1ccc3oc(=O)ccc3c1)C2. The van der Waals surface area contributed by atoms with Crippen molar-refractivity contribution < 1.29 is 13.9 Å². The van der Waals surface area contributed by atoms with Crippen LogP contribution in [0.3, 0.4) is 0 Å². The number of hydrogen-bond donors (Lipinski definition) is 0. The number of benzene rings is 1. The number of nitrogens with zero attached hydrogens (tertiary/aromatic N) is 2. The molecule has 2 aromatic rings. The number of amides is 1. The standard InChI is InChI=1S/C18H20N2O4/c1-19-13-3-2-4-14(19)11-20(10-13)18(22)23-15-6-7-16-12(9-15)5-8-17(21)24-16/h5-9,13-14H,2-4,10-11H2,1H3. The molecule has 2 bridgehead atoms. The summed E-state index contributed by atoms with van der Waals surface area (Å²) in [6.07, 6.45) is 3.19. The second-order valence-electron chi connectivity index (χ2n) is 6.63. The van der Waals surface area contributed by atoms with Gasteiger partial charge >= 0.3 is 11.7 Å². The highest BCUT2D eigenvalue weighted by molar-refractivity contribution is 5.79. The van der Waals surface area contributed by atoms with Gasteiger partial charge in [-0.05, 0) is 44.2 Å². The largest absolute Gasteiger partial charge is 0.423 e. The molecule has 2 aliphatic heterocycles. The van der Waals surface area contributed by atoms with E-state index in [-0.39, 0.29) is 6.09 Å². The molecule has 1 aromatic carbocycles. The summed E-state index contributed by atoms with van der Waals surface area (Å²) in [4.78, 5) is 27.9. The Labute approximate surface area is 139 Å². The van der Waals surface area contributed by atoms with E-state index in [0.29, 0.717) is 36.5 Å². The van der Waals surface area contributed by atoms with Gasteiger partial charge in [-0.1, -0.05) is 6.42 Å². The van der Waals surface area contributed by atoms with Gasteiger partial charge in [-0.25, -0.2) is 9.59 Å². The van der Waals surface area contributed by atoms with E-state index in [1.165, 1.54) is 12.5 Å². The third-order valence-corrected chi connectivity index (χ3v) is 5.14. The summed E-state index contributed by atoms with van der Waals surface area (Å²) in [7, 11) is 2.15. The number of piperidine rings is 1. The topological polar surface area (TPSA) is 63.0 Å². The lowest BCUT2D eigenvalue weighted by atomic mass is 9.92. The predicted molar refractivity (Wildman–Crippen MR) is 89.3 cm³/mol. The van der Waals surface area contributed by atoms with Gasteiger partial charge in [0, 0.05) is 36.6 Å². The van der Waals surface area contributed by atoms with E-state index < -0.39 is 5.63 Å². The first kappa shape index (κ1) is 15.2. The lowest BCUT2D eigenvalue weighted by molar-refractivity contribution is 0.0168. The Hall–Kier alpha value is -2.34. The quantitative estimate of drug-likeness (QED) is 0.753. The molecule has 2 atom stereocenters. The van der Waals surface area contributed by atoms with Crippen LogP contribution in [-0.4, -0.2) is 48.1 Å². The van der Waals surface area contributed by atoms with E-state index in [2.05, 4.69) is 11.9 Å². The van der Waals surface area contributed by atoms with Crippen molar-refractivity contribution in [1.29, 1.82) is 0 Å². The number of likely N-dealkylation sites (N-methyl/N-ethyl adjacent to an activating group) is 1. The van der Waals surface area contributed by atoms with E-state index >= 15 is 0 Å². The minimum absolute atomic E-state index is 0.309. The molecule has 4 rings (SSSR count). The summed E-state index contributed by atoms with van der Waals surface area (Å²) in [6.45, 7) is 1.43. The van der Waals surface area contributed by atoms with Crippen LogP contribution >= 0.6 is 0 Å². The molecule has 6 heteroatoms. The van der Waals surface area contributed by atoms with Crippen LogP contribution in [0.25, 0.3) is 11.0 Å². The van der Waals surface area contributed by atoms with Crippen molar-refractivity contribution in [2.75, 3.05) is 20.1 Å². The molecule has 1 aromatic heterocycles. The third-order valence-electron chi connectivity index (χ3n) is 5.14. The number of likely N-dealkylation sites (tertiary alicyclic amines) is 1. The first-order chi connectivity index (χ1) is 11.6. The van der Waals surface area contributed by atoms with Crippen molar-refractivity contribution >= 4 is 17.1 Å². The van der Waals surface area contributed by atoms with Gasteiger partial charge in [0.1, 0.15) is 11.3 Å². The fraction of sp³-hybridized carbons (Fsp3) is 0.444. The van der Waals surface area contributed by atoms with Gasteiger partial charge in [0.05, 0.1) is 0 Å². The highest BCUT2D eigenvalue weighted by Crippen LogP contribution is 2.28. The molecule has 0 saturated carbocycles. The molecule has 24 heavy (non-hydrogen) atoms. The summed E-state index contributed by atoms with van der Waals surface area (Å²) >= 11 is 0. The molecule has 0 radical (unpaired) electrons. The van der Waals surface area contributed by atoms with Gasteiger partial charge in [-0.2, -0.15) is 0 Å². The zero-order valence-corrected chi connectivity index (χ0v) is 13.6. The van der Waals surface area contributed by atoms with Crippen LogP contribution < -0.4 is 10.4 Å². The van der Waals surface area contributed by atoms with Gasteiger partial charge in [-0.15, -0.1) is 0 Å². The molecule has 0 spiro atoms. The summed E-state index contributed by atoms with van der Waals surface area (Å²) in [5.74, 6) is 0.463. The summed E-state index contributed by atoms with van der Waals surface area (Å²) in [5.41, 5.74) is 0.0904. The Balaban J connectivity index is 1.50. The fourth-order valence-corrected chi connectivity index (χ4v) is 3.75. The van der Waals surface area contributed by atoms with Crippen LogP contribution in [0.5, 0.6) is 5.75 Å². The van der Waals surface area contributed by atoms with Gasteiger partial charge in [-0.3, -0.25) is 4.90 Å². The number of ether oxygens (including phenoxy) is 1. The van der Waals surface area contributed by atoms with E-state index in [1.807, 2.05) is 4.90 Å². The maximum atomic E-state index is 12.5. The molecule has 2 aliphatic rings. The molecule has 2 fully saturated rings. The van der Waals surface area contributed by atoms with E-state index in [0.717, 1.165) is 18.2 Å². The van der Waals surface area contributed by atoms with Crippen molar-refractivity contribution in [2.24, 2.45) is 0 Å². The molecule has 2 unspecified atom stereocenters. The fourth-order valence-electron chi connectivity index (χ4n) is 3.75. The maximum Gasteiger partial charge on any atom is 0.415 e.